The second kappa shape index (κ2) is 11.6. The standard InChI is InChI=1S/C20H28N4O2.2ClH/c1-2-4-17-13-24(12-16-5-3-8-22-11-16)14-18(17)23-19(25)20(15-21)6-9-26-10-7-20;;/h3,5,8,11,17-18H,2,4,6-7,9-10,12-14H2,1H3,(H,23,25);2*1H/t17-,18-;;/m0../s1. The van der Waals surface area contributed by atoms with Gasteiger partial charge in [-0.2, -0.15) is 5.26 Å². The minimum Gasteiger partial charge on any atom is -0.381 e. The van der Waals surface area contributed by atoms with Crippen molar-refractivity contribution in [3.63, 3.8) is 0 Å². The number of ether oxygens (including phenoxy) is 1. The van der Waals surface area contributed by atoms with Crippen molar-refractivity contribution in [3.05, 3.63) is 30.1 Å². The van der Waals surface area contributed by atoms with Gasteiger partial charge in [0.15, 0.2) is 0 Å². The minimum atomic E-state index is -0.925. The third kappa shape index (κ3) is 5.81. The van der Waals surface area contributed by atoms with Crippen LogP contribution in [-0.2, 0) is 16.1 Å². The normalized spacial score (nSPS) is 23.7. The number of nitrogens with zero attached hydrogens (tertiary/aromatic N) is 3. The molecular weight excluding hydrogens is 399 g/mol. The number of hydrogen-bond donors (Lipinski definition) is 1. The van der Waals surface area contributed by atoms with Crippen LogP contribution in [0.2, 0.25) is 0 Å². The van der Waals surface area contributed by atoms with Gasteiger partial charge in [-0.25, -0.2) is 0 Å². The third-order valence-electron chi connectivity index (χ3n) is 5.62. The number of halogens is 2. The quantitative estimate of drug-likeness (QED) is 0.753. The monoisotopic (exact) mass is 428 g/mol. The molecule has 0 aliphatic carbocycles. The summed E-state index contributed by atoms with van der Waals surface area (Å²) in [5.41, 5.74) is 0.263. The van der Waals surface area contributed by atoms with Gasteiger partial charge in [-0.05, 0) is 36.8 Å². The molecule has 1 N–H and O–H groups in total. The maximum absolute atomic E-state index is 12.9. The molecule has 3 heterocycles. The first kappa shape index (κ1) is 24.6. The smallest absolute Gasteiger partial charge is 0.240 e. The van der Waals surface area contributed by atoms with E-state index in [-0.39, 0.29) is 36.8 Å². The number of carbonyl (C=O) groups is 1. The average molecular weight is 429 g/mol. The first-order valence-corrected chi connectivity index (χ1v) is 9.58. The van der Waals surface area contributed by atoms with Gasteiger partial charge in [-0.15, -0.1) is 24.8 Å². The number of hydrogen-bond acceptors (Lipinski definition) is 5. The fraction of sp³-hybridized carbons (Fsp3) is 0.650. The van der Waals surface area contributed by atoms with E-state index in [0.29, 0.717) is 32.0 Å². The van der Waals surface area contributed by atoms with Crippen molar-refractivity contribution in [2.24, 2.45) is 11.3 Å². The Balaban J connectivity index is 0.00000196. The van der Waals surface area contributed by atoms with E-state index in [2.05, 4.69) is 34.3 Å². The van der Waals surface area contributed by atoms with Crippen LogP contribution in [0.15, 0.2) is 24.5 Å². The maximum Gasteiger partial charge on any atom is 0.240 e. The predicted octanol–water partition coefficient (Wildman–Crippen LogP) is 2.96. The van der Waals surface area contributed by atoms with E-state index in [1.807, 2.05) is 12.3 Å². The SMILES string of the molecule is CCC[C@H]1CN(Cc2cccnc2)C[C@@H]1NC(=O)C1(C#N)CCOCC1.Cl.Cl. The second-order valence-corrected chi connectivity index (χ2v) is 7.49. The zero-order chi connectivity index (χ0) is 18.4. The summed E-state index contributed by atoms with van der Waals surface area (Å²) in [5, 5.41) is 12.8. The molecule has 2 aliphatic heterocycles. The van der Waals surface area contributed by atoms with Crippen molar-refractivity contribution in [2.45, 2.75) is 45.2 Å². The fourth-order valence-electron chi connectivity index (χ4n) is 4.08. The Labute approximate surface area is 179 Å². The Morgan fingerprint density at radius 2 is 2.14 bits per heavy atom. The number of amides is 1. The summed E-state index contributed by atoms with van der Waals surface area (Å²) in [6.07, 6.45) is 6.82. The lowest BCUT2D eigenvalue weighted by Gasteiger charge is -2.31. The molecule has 2 saturated heterocycles. The van der Waals surface area contributed by atoms with E-state index in [1.165, 1.54) is 5.56 Å². The average Bonchev–Trinajstić information content (AvgIpc) is 3.04. The largest absolute Gasteiger partial charge is 0.381 e. The highest BCUT2D eigenvalue weighted by Crippen LogP contribution is 2.31. The van der Waals surface area contributed by atoms with Crippen molar-refractivity contribution in [3.8, 4) is 6.07 Å². The maximum atomic E-state index is 12.9. The highest BCUT2D eigenvalue weighted by Gasteiger charge is 2.43. The molecule has 8 heteroatoms. The molecule has 156 valence electrons. The third-order valence-corrected chi connectivity index (χ3v) is 5.62. The van der Waals surface area contributed by atoms with Crippen molar-refractivity contribution >= 4 is 30.7 Å². The number of likely N-dealkylation sites (tertiary alicyclic amines) is 1. The molecule has 28 heavy (non-hydrogen) atoms. The van der Waals surface area contributed by atoms with Crippen LogP contribution < -0.4 is 5.32 Å². The lowest BCUT2D eigenvalue weighted by molar-refractivity contribution is -0.133. The molecule has 3 rings (SSSR count). The van der Waals surface area contributed by atoms with Crippen molar-refractivity contribution in [1.29, 1.82) is 5.26 Å². The summed E-state index contributed by atoms with van der Waals surface area (Å²) in [6.45, 7) is 5.78. The fourth-order valence-corrected chi connectivity index (χ4v) is 4.08. The summed E-state index contributed by atoms with van der Waals surface area (Å²) < 4.78 is 5.34. The Kier molecular flexibility index (Phi) is 10.2. The van der Waals surface area contributed by atoms with Crippen molar-refractivity contribution in [1.82, 2.24) is 15.2 Å². The number of nitriles is 1. The Morgan fingerprint density at radius 1 is 1.39 bits per heavy atom. The molecule has 0 unspecified atom stereocenters. The van der Waals surface area contributed by atoms with Gasteiger partial charge in [0, 0.05) is 51.3 Å². The van der Waals surface area contributed by atoms with Gasteiger partial charge in [0.25, 0.3) is 0 Å². The summed E-state index contributed by atoms with van der Waals surface area (Å²) in [7, 11) is 0. The van der Waals surface area contributed by atoms with Crippen LogP contribution >= 0.6 is 24.8 Å². The molecule has 1 aromatic heterocycles. The van der Waals surface area contributed by atoms with Gasteiger partial charge >= 0.3 is 0 Å². The summed E-state index contributed by atoms with van der Waals surface area (Å²) >= 11 is 0. The van der Waals surface area contributed by atoms with Crippen LogP contribution in [0.4, 0.5) is 0 Å². The number of carbonyl (C=O) groups excluding carboxylic acids is 1. The van der Waals surface area contributed by atoms with Gasteiger partial charge in [0.1, 0.15) is 5.41 Å². The van der Waals surface area contributed by atoms with E-state index in [1.54, 1.807) is 6.20 Å². The highest BCUT2D eigenvalue weighted by atomic mass is 35.5. The lowest BCUT2D eigenvalue weighted by atomic mass is 9.80. The second-order valence-electron chi connectivity index (χ2n) is 7.49. The summed E-state index contributed by atoms with van der Waals surface area (Å²) in [5.74, 6) is 0.314. The molecule has 0 spiro atoms. The molecular formula is C20H30Cl2N4O2. The molecule has 0 aromatic carbocycles. The van der Waals surface area contributed by atoms with Crippen LogP contribution in [0.1, 0.15) is 38.2 Å². The van der Waals surface area contributed by atoms with E-state index >= 15 is 0 Å². The molecule has 1 amide bonds. The van der Waals surface area contributed by atoms with Gasteiger partial charge in [0.05, 0.1) is 6.07 Å². The lowest BCUT2D eigenvalue weighted by Crippen LogP contribution is -2.50. The van der Waals surface area contributed by atoms with Crippen LogP contribution in [0.25, 0.3) is 0 Å². The Hall–Kier alpha value is -1.39. The number of aromatic nitrogens is 1. The number of nitrogens with one attached hydrogen (secondary N) is 1. The molecule has 0 radical (unpaired) electrons. The van der Waals surface area contributed by atoms with E-state index in [0.717, 1.165) is 32.5 Å². The first-order valence-electron chi connectivity index (χ1n) is 9.58. The van der Waals surface area contributed by atoms with Crippen molar-refractivity contribution in [2.75, 3.05) is 26.3 Å². The van der Waals surface area contributed by atoms with Crippen LogP contribution in [0.5, 0.6) is 0 Å². The minimum absolute atomic E-state index is 0. The van der Waals surface area contributed by atoms with Gasteiger partial charge in [0.2, 0.25) is 5.91 Å². The predicted molar refractivity (Wildman–Crippen MR) is 112 cm³/mol. The molecule has 2 fully saturated rings. The number of pyridine rings is 1. The molecule has 1 aromatic rings. The molecule has 2 aliphatic rings. The zero-order valence-electron chi connectivity index (χ0n) is 16.3. The topological polar surface area (TPSA) is 78.3 Å². The van der Waals surface area contributed by atoms with Crippen molar-refractivity contribution < 1.29 is 9.53 Å². The Bertz CT molecular complexity index is 647. The number of rotatable bonds is 6. The van der Waals surface area contributed by atoms with E-state index in [4.69, 9.17) is 4.74 Å². The molecule has 6 nitrogen and oxygen atoms in total. The summed E-state index contributed by atoms with van der Waals surface area (Å²) in [4.78, 5) is 19.5. The molecule has 2 atom stereocenters. The van der Waals surface area contributed by atoms with Crippen LogP contribution in [0, 0.1) is 22.7 Å². The van der Waals surface area contributed by atoms with Gasteiger partial charge in [-0.1, -0.05) is 19.4 Å². The molecule has 0 saturated carbocycles. The molecule has 0 bridgehead atoms. The Morgan fingerprint density at radius 3 is 2.75 bits per heavy atom. The van der Waals surface area contributed by atoms with Crippen LogP contribution in [-0.4, -0.2) is 48.1 Å². The van der Waals surface area contributed by atoms with E-state index < -0.39 is 5.41 Å². The first-order chi connectivity index (χ1) is 12.7. The van der Waals surface area contributed by atoms with Gasteiger partial charge in [-0.3, -0.25) is 14.7 Å². The summed E-state index contributed by atoms with van der Waals surface area (Å²) in [6, 6.07) is 6.42. The van der Waals surface area contributed by atoms with Crippen LogP contribution in [0.3, 0.4) is 0 Å². The highest BCUT2D eigenvalue weighted by molar-refractivity contribution is 5.86. The zero-order valence-corrected chi connectivity index (χ0v) is 17.9. The van der Waals surface area contributed by atoms with E-state index in [9.17, 15) is 10.1 Å². The van der Waals surface area contributed by atoms with Gasteiger partial charge < -0.3 is 10.1 Å².